The molecular formula is C16H13BrN2O2. The van der Waals surface area contributed by atoms with Crippen LogP contribution in [0.2, 0.25) is 0 Å². The Morgan fingerprint density at radius 2 is 1.86 bits per heavy atom. The summed E-state index contributed by atoms with van der Waals surface area (Å²) in [6, 6.07) is 15.1. The average Bonchev–Trinajstić information content (AvgIpc) is 2.47. The van der Waals surface area contributed by atoms with E-state index in [-0.39, 0.29) is 5.57 Å². The lowest BCUT2D eigenvalue weighted by Crippen LogP contribution is -2.39. The summed E-state index contributed by atoms with van der Waals surface area (Å²) in [6.45, 7) is 0. The molecule has 0 aromatic heterocycles. The number of hydrogen-bond acceptors (Lipinski definition) is 3. The van der Waals surface area contributed by atoms with Crippen LogP contribution in [0.3, 0.4) is 0 Å². The Bertz CT molecular complexity index is 741. The molecule has 1 aliphatic heterocycles. The normalized spacial score (nSPS) is 17.1. The maximum Gasteiger partial charge on any atom is 0.250 e. The van der Waals surface area contributed by atoms with Crippen LogP contribution in [0, 0.1) is 0 Å². The summed E-state index contributed by atoms with van der Waals surface area (Å²) in [5, 5.41) is 0. The first-order valence-corrected chi connectivity index (χ1v) is 7.19. The minimum absolute atomic E-state index is 0.284. The number of hydrogen-bond donors (Lipinski definition) is 2. The molecule has 0 bridgehead atoms. The Hall–Kier alpha value is -2.11. The van der Waals surface area contributed by atoms with E-state index < -0.39 is 12.1 Å². The van der Waals surface area contributed by atoms with Crippen molar-refractivity contribution < 1.29 is 9.53 Å². The second-order valence-electron chi connectivity index (χ2n) is 4.70. The van der Waals surface area contributed by atoms with Gasteiger partial charge in [-0.15, -0.1) is 0 Å². The van der Waals surface area contributed by atoms with Gasteiger partial charge in [-0.2, -0.15) is 0 Å². The van der Waals surface area contributed by atoms with Gasteiger partial charge in [-0.05, 0) is 23.8 Å². The number of ether oxygens (including phenoxy) is 1. The monoisotopic (exact) mass is 344 g/mol. The van der Waals surface area contributed by atoms with E-state index in [1.165, 1.54) is 0 Å². The van der Waals surface area contributed by atoms with E-state index in [1.54, 1.807) is 0 Å². The highest BCUT2D eigenvalue weighted by molar-refractivity contribution is 9.10. The molecule has 0 fully saturated rings. The first-order chi connectivity index (χ1) is 10.1. The van der Waals surface area contributed by atoms with Gasteiger partial charge in [0, 0.05) is 15.6 Å². The fourth-order valence-corrected chi connectivity index (χ4v) is 2.82. The summed E-state index contributed by atoms with van der Waals surface area (Å²) in [6.07, 6.45) is -0.869. The van der Waals surface area contributed by atoms with E-state index in [9.17, 15) is 4.79 Å². The van der Waals surface area contributed by atoms with Crippen LogP contribution in [-0.2, 0) is 4.79 Å². The van der Waals surface area contributed by atoms with Gasteiger partial charge in [0.05, 0.1) is 5.57 Å². The number of carbonyl (C=O) groups excluding carboxylic acids is 1. The molecule has 1 aliphatic rings. The van der Waals surface area contributed by atoms with E-state index in [0.717, 1.165) is 21.2 Å². The van der Waals surface area contributed by atoms with Crippen molar-refractivity contribution in [2.24, 2.45) is 11.5 Å². The Morgan fingerprint density at radius 1 is 1.14 bits per heavy atom. The van der Waals surface area contributed by atoms with Crippen molar-refractivity contribution in [3.63, 3.8) is 0 Å². The molecule has 0 radical (unpaired) electrons. The van der Waals surface area contributed by atoms with Crippen LogP contribution in [-0.4, -0.2) is 12.1 Å². The topological polar surface area (TPSA) is 78.3 Å². The maximum absolute atomic E-state index is 11.8. The molecule has 1 atom stereocenters. The molecular weight excluding hydrogens is 332 g/mol. The quantitative estimate of drug-likeness (QED) is 0.877. The predicted octanol–water partition coefficient (Wildman–Crippen LogP) is 2.41. The van der Waals surface area contributed by atoms with Crippen molar-refractivity contribution in [1.82, 2.24) is 0 Å². The van der Waals surface area contributed by atoms with Gasteiger partial charge in [0.15, 0.2) is 6.23 Å². The number of rotatable bonds is 2. The van der Waals surface area contributed by atoms with Crippen molar-refractivity contribution in [2.45, 2.75) is 6.23 Å². The highest BCUT2D eigenvalue weighted by Gasteiger charge is 2.30. The third-order valence-electron chi connectivity index (χ3n) is 3.35. The lowest BCUT2D eigenvalue weighted by molar-refractivity contribution is -0.115. The molecule has 106 valence electrons. The lowest BCUT2D eigenvalue weighted by atomic mass is 9.89. The van der Waals surface area contributed by atoms with Crippen LogP contribution in [0.5, 0.6) is 5.75 Å². The number of fused-ring (bicyclic) bond motifs is 1. The summed E-state index contributed by atoms with van der Waals surface area (Å²) in [5.41, 5.74) is 14.2. The van der Waals surface area contributed by atoms with Gasteiger partial charge < -0.3 is 10.5 Å². The zero-order valence-corrected chi connectivity index (χ0v) is 12.6. The van der Waals surface area contributed by atoms with Gasteiger partial charge in [-0.25, -0.2) is 0 Å². The van der Waals surface area contributed by atoms with Crippen molar-refractivity contribution in [2.75, 3.05) is 0 Å². The highest BCUT2D eigenvalue weighted by atomic mass is 79.9. The van der Waals surface area contributed by atoms with Crippen LogP contribution >= 0.6 is 15.9 Å². The number of nitrogens with two attached hydrogens (primary N) is 2. The molecule has 1 amide bonds. The second kappa shape index (κ2) is 5.35. The van der Waals surface area contributed by atoms with Crippen molar-refractivity contribution in [1.29, 1.82) is 0 Å². The van der Waals surface area contributed by atoms with Gasteiger partial charge in [-0.1, -0.05) is 46.3 Å². The van der Waals surface area contributed by atoms with E-state index in [4.69, 9.17) is 16.2 Å². The molecule has 0 saturated heterocycles. The smallest absolute Gasteiger partial charge is 0.250 e. The summed E-state index contributed by atoms with van der Waals surface area (Å²) >= 11 is 3.44. The standard InChI is InChI=1S/C16H13BrN2O2/c17-10-6-7-12-11(8-10)13(9-4-2-1-3-5-9)14(15(18)20)16(19)21-12/h1-8,16H,19H2,(H2,18,20). The zero-order chi connectivity index (χ0) is 15.0. The SMILES string of the molecule is NC(=O)C1=C(c2ccccc2)c2cc(Br)ccc2OC1N. The average molecular weight is 345 g/mol. The molecule has 1 heterocycles. The minimum Gasteiger partial charge on any atom is -0.470 e. The molecule has 4 nitrogen and oxygen atoms in total. The van der Waals surface area contributed by atoms with E-state index >= 15 is 0 Å². The molecule has 2 aromatic carbocycles. The molecule has 0 saturated carbocycles. The second-order valence-corrected chi connectivity index (χ2v) is 5.61. The summed E-state index contributed by atoms with van der Waals surface area (Å²) < 4.78 is 6.50. The van der Waals surface area contributed by atoms with Crippen LogP contribution in [0.25, 0.3) is 5.57 Å². The van der Waals surface area contributed by atoms with Crippen LogP contribution in [0.15, 0.2) is 58.6 Å². The summed E-state index contributed by atoms with van der Waals surface area (Å²) in [5.74, 6) is 0.0570. The number of carbonyl (C=O) groups is 1. The van der Waals surface area contributed by atoms with Gasteiger partial charge in [0.2, 0.25) is 5.91 Å². The van der Waals surface area contributed by atoms with Gasteiger partial charge in [0.25, 0.3) is 0 Å². The Balaban J connectivity index is 2.34. The number of benzene rings is 2. The Labute approximate surface area is 130 Å². The fraction of sp³-hybridized carbons (Fsp3) is 0.0625. The van der Waals surface area contributed by atoms with Gasteiger partial charge in [0.1, 0.15) is 5.75 Å². The molecule has 3 rings (SSSR count). The van der Waals surface area contributed by atoms with E-state index in [1.807, 2.05) is 48.5 Å². The molecule has 0 spiro atoms. The molecule has 21 heavy (non-hydrogen) atoms. The molecule has 0 aliphatic carbocycles. The fourth-order valence-electron chi connectivity index (χ4n) is 2.46. The van der Waals surface area contributed by atoms with Crippen LogP contribution in [0.4, 0.5) is 0 Å². The molecule has 4 N–H and O–H groups in total. The van der Waals surface area contributed by atoms with E-state index in [2.05, 4.69) is 15.9 Å². The van der Waals surface area contributed by atoms with Crippen LogP contribution in [0.1, 0.15) is 11.1 Å². The molecule has 1 unspecified atom stereocenters. The van der Waals surface area contributed by atoms with Crippen LogP contribution < -0.4 is 16.2 Å². The third kappa shape index (κ3) is 2.46. The van der Waals surface area contributed by atoms with Gasteiger partial charge >= 0.3 is 0 Å². The first kappa shape index (κ1) is 13.9. The minimum atomic E-state index is -0.869. The van der Waals surface area contributed by atoms with E-state index in [0.29, 0.717) is 5.75 Å². The van der Waals surface area contributed by atoms with Crippen molar-refractivity contribution in [3.8, 4) is 5.75 Å². The largest absolute Gasteiger partial charge is 0.470 e. The predicted molar refractivity (Wildman–Crippen MR) is 84.4 cm³/mol. The lowest BCUT2D eigenvalue weighted by Gasteiger charge is -2.28. The zero-order valence-electron chi connectivity index (χ0n) is 11.0. The third-order valence-corrected chi connectivity index (χ3v) is 3.84. The Morgan fingerprint density at radius 3 is 2.52 bits per heavy atom. The highest BCUT2D eigenvalue weighted by Crippen LogP contribution is 2.39. The molecule has 5 heteroatoms. The van der Waals surface area contributed by atoms with Gasteiger partial charge in [-0.3, -0.25) is 10.5 Å². The molecule has 2 aromatic rings. The Kier molecular flexibility index (Phi) is 3.53. The number of amides is 1. The van der Waals surface area contributed by atoms with Crippen molar-refractivity contribution in [3.05, 3.63) is 69.7 Å². The van der Waals surface area contributed by atoms with Crippen molar-refractivity contribution >= 4 is 27.4 Å². The summed E-state index contributed by atoms with van der Waals surface area (Å²) in [7, 11) is 0. The number of primary amides is 1. The maximum atomic E-state index is 11.8. The number of halogens is 1. The first-order valence-electron chi connectivity index (χ1n) is 6.39. The summed E-state index contributed by atoms with van der Waals surface area (Å²) in [4.78, 5) is 11.8.